The number of hydrogen-bond acceptors (Lipinski definition) is 1. The zero-order valence-electron chi connectivity index (χ0n) is 12.7. The minimum Gasteiger partial charge on any atom is -0.231 e. The molecule has 4 rings (SSSR count). The lowest BCUT2D eigenvalue weighted by molar-refractivity contribution is 0.969. The van der Waals surface area contributed by atoms with Crippen LogP contribution in [0.5, 0.6) is 0 Å². The van der Waals surface area contributed by atoms with Crippen molar-refractivity contribution in [1.29, 1.82) is 0 Å². The number of halogens is 1. The summed E-state index contributed by atoms with van der Waals surface area (Å²) < 4.78 is 3.25. The molecule has 112 valence electrons. The lowest BCUT2D eigenvalue weighted by Gasteiger charge is -2.08. The van der Waals surface area contributed by atoms with E-state index < -0.39 is 0 Å². The maximum atomic E-state index is 4.86. The maximum Gasteiger partial charge on any atom is 0.0933 e. The standard InChI is InChI=1S/C20H15IN2/c1-14-6-5-9-16(12-14)20-18(21)11-10-17-13-19(22-23(17)20)15-7-3-2-4-8-15/h2-13H,1H3. The molecule has 23 heavy (non-hydrogen) atoms. The molecule has 0 atom stereocenters. The van der Waals surface area contributed by atoms with E-state index in [9.17, 15) is 0 Å². The van der Waals surface area contributed by atoms with Gasteiger partial charge in [0.2, 0.25) is 0 Å². The van der Waals surface area contributed by atoms with E-state index in [4.69, 9.17) is 5.10 Å². The second kappa shape index (κ2) is 5.81. The number of hydrogen-bond donors (Lipinski definition) is 0. The molecular formula is C20H15IN2. The minimum absolute atomic E-state index is 1.00. The summed E-state index contributed by atoms with van der Waals surface area (Å²) in [7, 11) is 0. The Kier molecular flexibility index (Phi) is 3.65. The first kappa shape index (κ1) is 14.5. The van der Waals surface area contributed by atoms with Gasteiger partial charge in [0.05, 0.1) is 16.9 Å². The molecule has 0 amide bonds. The zero-order valence-corrected chi connectivity index (χ0v) is 14.9. The molecule has 0 bridgehead atoms. The topological polar surface area (TPSA) is 17.3 Å². The summed E-state index contributed by atoms with van der Waals surface area (Å²) in [6.07, 6.45) is 0. The van der Waals surface area contributed by atoms with Gasteiger partial charge in [-0.05, 0) is 53.8 Å². The third kappa shape index (κ3) is 2.65. The molecular weight excluding hydrogens is 395 g/mol. The van der Waals surface area contributed by atoms with Crippen molar-refractivity contribution in [2.24, 2.45) is 0 Å². The molecule has 0 fully saturated rings. The van der Waals surface area contributed by atoms with E-state index in [2.05, 4.69) is 88.6 Å². The fourth-order valence-electron chi connectivity index (χ4n) is 2.83. The van der Waals surface area contributed by atoms with Crippen LogP contribution < -0.4 is 0 Å². The van der Waals surface area contributed by atoms with Gasteiger partial charge in [-0.2, -0.15) is 5.10 Å². The molecule has 4 aromatic rings. The molecule has 2 heterocycles. The molecule has 0 saturated carbocycles. The van der Waals surface area contributed by atoms with Crippen molar-refractivity contribution in [3.8, 4) is 22.5 Å². The fourth-order valence-corrected chi connectivity index (χ4v) is 3.55. The van der Waals surface area contributed by atoms with Crippen LogP contribution in [0.1, 0.15) is 5.56 Å². The second-order valence-electron chi connectivity index (χ2n) is 5.63. The quantitative estimate of drug-likeness (QED) is 0.395. The van der Waals surface area contributed by atoms with Gasteiger partial charge >= 0.3 is 0 Å². The molecule has 0 aliphatic rings. The number of nitrogens with zero attached hydrogens (tertiary/aromatic N) is 2. The van der Waals surface area contributed by atoms with Gasteiger partial charge in [0.15, 0.2) is 0 Å². The van der Waals surface area contributed by atoms with Gasteiger partial charge < -0.3 is 0 Å². The largest absolute Gasteiger partial charge is 0.231 e. The van der Waals surface area contributed by atoms with Gasteiger partial charge in [-0.25, -0.2) is 4.52 Å². The first-order valence-corrected chi connectivity index (χ1v) is 8.61. The van der Waals surface area contributed by atoms with Crippen LogP contribution in [0.2, 0.25) is 0 Å². The van der Waals surface area contributed by atoms with Gasteiger partial charge in [-0.3, -0.25) is 0 Å². The smallest absolute Gasteiger partial charge is 0.0933 e. The summed E-state index contributed by atoms with van der Waals surface area (Å²) >= 11 is 2.39. The highest BCUT2D eigenvalue weighted by atomic mass is 127. The van der Waals surface area contributed by atoms with Crippen LogP contribution in [-0.2, 0) is 0 Å². The lowest BCUT2D eigenvalue weighted by Crippen LogP contribution is -1.97. The maximum absolute atomic E-state index is 4.86. The summed E-state index contributed by atoms with van der Waals surface area (Å²) in [6, 6.07) is 25.3. The van der Waals surface area contributed by atoms with E-state index in [-0.39, 0.29) is 0 Å². The van der Waals surface area contributed by atoms with Crippen molar-refractivity contribution in [1.82, 2.24) is 9.61 Å². The van der Waals surface area contributed by atoms with Crippen molar-refractivity contribution in [3.63, 3.8) is 0 Å². The number of benzene rings is 2. The van der Waals surface area contributed by atoms with E-state index in [0.29, 0.717) is 0 Å². The van der Waals surface area contributed by atoms with Gasteiger partial charge in [-0.15, -0.1) is 0 Å². The number of fused-ring (bicyclic) bond motifs is 1. The highest BCUT2D eigenvalue weighted by molar-refractivity contribution is 14.1. The van der Waals surface area contributed by atoms with Crippen molar-refractivity contribution in [3.05, 3.63) is 81.9 Å². The van der Waals surface area contributed by atoms with Crippen LogP contribution in [0, 0.1) is 10.5 Å². The number of aromatic nitrogens is 2. The van der Waals surface area contributed by atoms with E-state index in [0.717, 1.165) is 22.5 Å². The van der Waals surface area contributed by atoms with Crippen LogP contribution in [0.15, 0.2) is 72.8 Å². The van der Waals surface area contributed by atoms with Crippen LogP contribution >= 0.6 is 22.6 Å². The first-order chi connectivity index (χ1) is 11.2. The third-order valence-electron chi connectivity index (χ3n) is 3.94. The molecule has 0 aliphatic heterocycles. The van der Waals surface area contributed by atoms with Crippen molar-refractivity contribution in [2.45, 2.75) is 6.92 Å². The minimum atomic E-state index is 1.00. The predicted octanol–water partition coefficient (Wildman–Crippen LogP) is 5.58. The Morgan fingerprint density at radius 3 is 2.39 bits per heavy atom. The van der Waals surface area contributed by atoms with E-state index in [1.807, 2.05) is 18.2 Å². The lowest BCUT2D eigenvalue weighted by atomic mass is 10.1. The van der Waals surface area contributed by atoms with Crippen LogP contribution in [0.4, 0.5) is 0 Å². The highest BCUT2D eigenvalue weighted by Gasteiger charge is 2.12. The van der Waals surface area contributed by atoms with Gasteiger partial charge in [0.25, 0.3) is 0 Å². The summed E-state index contributed by atoms with van der Waals surface area (Å²) in [4.78, 5) is 0. The van der Waals surface area contributed by atoms with Crippen molar-refractivity contribution in [2.75, 3.05) is 0 Å². The Morgan fingerprint density at radius 1 is 0.826 bits per heavy atom. The van der Waals surface area contributed by atoms with Crippen LogP contribution in [0.3, 0.4) is 0 Å². The van der Waals surface area contributed by atoms with Crippen molar-refractivity contribution >= 4 is 28.1 Å². The molecule has 0 N–H and O–H groups in total. The Morgan fingerprint density at radius 2 is 1.61 bits per heavy atom. The number of aryl methyl sites for hydroxylation is 1. The molecule has 0 aliphatic carbocycles. The summed E-state index contributed by atoms with van der Waals surface area (Å²) in [6.45, 7) is 2.12. The SMILES string of the molecule is Cc1cccc(-c2c(I)ccc3cc(-c4ccccc4)nn23)c1. The number of pyridine rings is 1. The monoisotopic (exact) mass is 410 g/mol. The normalized spacial score (nSPS) is 11.0. The summed E-state index contributed by atoms with van der Waals surface area (Å²) in [5, 5.41) is 4.86. The first-order valence-electron chi connectivity index (χ1n) is 7.53. The third-order valence-corrected chi connectivity index (χ3v) is 4.81. The highest BCUT2D eigenvalue weighted by Crippen LogP contribution is 2.29. The van der Waals surface area contributed by atoms with Crippen LogP contribution in [-0.4, -0.2) is 9.61 Å². The van der Waals surface area contributed by atoms with E-state index >= 15 is 0 Å². The van der Waals surface area contributed by atoms with Gasteiger partial charge in [0, 0.05) is 14.7 Å². The van der Waals surface area contributed by atoms with E-state index in [1.165, 1.54) is 14.7 Å². The molecule has 0 unspecified atom stereocenters. The average Bonchev–Trinajstić information content (AvgIpc) is 2.99. The molecule has 2 nitrogen and oxygen atoms in total. The Bertz CT molecular complexity index is 987. The average molecular weight is 410 g/mol. The molecule has 2 aromatic heterocycles. The zero-order chi connectivity index (χ0) is 15.8. The molecule has 2 aromatic carbocycles. The molecule has 3 heteroatoms. The van der Waals surface area contributed by atoms with Gasteiger partial charge in [-0.1, -0.05) is 54.1 Å². The molecule has 0 spiro atoms. The van der Waals surface area contributed by atoms with Crippen LogP contribution in [0.25, 0.3) is 28.0 Å². The predicted molar refractivity (Wildman–Crippen MR) is 104 cm³/mol. The molecule has 0 radical (unpaired) electrons. The van der Waals surface area contributed by atoms with Gasteiger partial charge in [0.1, 0.15) is 0 Å². The summed E-state index contributed by atoms with van der Waals surface area (Å²) in [5.74, 6) is 0. The second-order valence-corrected chi connectivity index (χ2v) is 6.79. The number of rotatable bonds is 2. The molecule has 0 saturated heterocycles. The Labute approximate surface area is 148 Å². The summed E-state index contributed by atoms with van der Waals surface area (Å²) in [5.41, 5.74) is 6.85. The Balaban J connectivity index is 1.97. The van der Waals surface area contributed by atoms with Crippen molar-refractivity contribution < 1.29 is 0 Å². The fraction of sp³-hybridized carbons (Fsp3) is 0.0500. The van der Waals surface area contributed by atoms with E-state index in [1.54, 1.807) is 0 Å². The Hall–Kier alpha value is -2.14.